The summed E-state index contributed by atoms with van der Waals surface area (Å²) in [4.78, 5) is 29.4. The van der Waals surface area contributed by atoms with E-state index in [1.807, 2.05) is 43.3 Å². The smallest absolute Gasteiger partial charge is 0.347 e. The highest BCUT2D eigenvalue weighted by Gasteiger charge is 2.21. The average Bonchev–Trinajstić information content (AvgIpc) is 3.32. The molecule has 0 saturated carbocycles. The van der Waals surface area contributed by atoms with Crippen LogP contribution >= 0.6 is 23.2 Å². The number of benzene rings is 4. The van der Waals surface area contributed by atoms with Crippen LogP contribution < -0.4 is 14.9 Å². The molecule has 5 rings (SSSR count). The number of carbonyl (C=O) groups excluding carboxylic acids is 2. The van der Waals surface area contributed by atoms with Crippen molar-refractivity contribution in [1.29, 1.82) is 0 Å². The second-order valence-corrected chi connectivity index (χ2v) is 9.72. The Morgan fingerprint density at radius 2 is 1.70 bits per heavy atom. The number of methoxy groups -OCH3 is 1. The topological polar surface area (TPSA) is 92.8 Å². The number of carbonyl (C=O) groups is 2. The van der Waals surface area contributed by atoms with E-state index in [1.165, 1.54) is 19.4 Å². The third-order valence-electron chi connectivity index (χ3n) is 6.20. The quantitative estimate of drug-likeness (QED) is 0.0918. The van der Waals surface area contributed by atoms with Gasteiger partial charge in [0.15, 0.2) is 0 Å². The standard InChI is InChI=1S/C31H23Cl2N3O4/c1-18-11-13-25-22(15-18)28(21-8-4-5-9-24(21)33)29(35-25)30(37)36-34-17-19-7-3-6-10-26(19)40-31(38)23-16-20(32)12-14-27(23)39-2/h3-17,35H,1-2H3,(H,36,37). The molecule has 0 aliphatic heterocycles. The molecule has 2 N–H and O–H groups in total. The monoisotopic (exact) mass is 571 g/mol. The van der Waals surface area contributed by atoms with Crippen molar-refractivity contribution in [3.8, 4) is 22.6 Å². The number of para-hydroxylation sites is 1. The Morgan fingerprint density at radius 3 is 2.50 bits per heavy atom. The van der Waals surface area contributed by atoms with Gasteiger partial charge in [0.1, 0.15) is 22.8 Å². The first kappa shape index (κ1) is 27.0. The Kier molecular flexibility index (Phi) is 7.86. The zero-order valence-electron chi connectivity index (χ0n) is 21.5. The second kappa shape index (κ2) is 11.7. The molecule has 0 spiro atoms. The number of hydrazone groups is 1. The number of nitrogens with zero attached hydrogens (tertiary/aromatic N) is 1. The minimum atomic E-state index is -0.651. The first-order valence-electron chi connectivity index (χ1n) is 12.2. The number of aryl methyl sites for hydroxylation is 1. The molecule has 200 valence electrons. The lowest BCUT2D eigenvalue weighted by Gasteiger charge is -2.10. The lowest BCUT2D eigenvalue weighted by atomic mass is 10.0. The number of aromatic nitrogens is 1. The Hall–Kier alpha value is -4.59. The number of rotatable bonds is 7. The van der Waals surface area contributed by atoms with Crippen molar-refractivity contribution in [3.05, 3.63) is 117 Å². The molecule has 4 aromatic carbocycles. The van der Waals surface area contributed by atoms with E-state index in [-0.39, 0.29) is 11.3 Å². The fourth-order valence-corrected chi connectivity index (χ4v) is 4.71. The van der Waals surface area contributed by atoms with Crippen LogP contribution in [0.5, 0.6) is 11.5 Å². The lowest BCUT2D eigenvalue weighted by molar-refractivity contribution is 0.0730. The van der Waals surface area contributed by atoms with E-state index in [9.17, 15) is 9.59 Å². The lowest BCUT2D eigenvalue weighted by Crippen LogP contribution is -2.19. The van der Waals surface area contributed by atoms with Gasteiger partial charge >= 0.3 is 5.97 Å². The number of hydrogen-bond acceptors (Lipinski definition) is 5. The number of halogens is 2. The van der Waals surface area contributed by atoms with Crippen LogP contribution in [0.3, 0.4) is 0 Å². The average molecular weight is 572 g/mol. The Bertz CT molecular complexity index is 1780. The van der Waals surface area contributed by atoms with Crippen molar-refractivity contribution in [1.82, 2.24) is 10.4 Å². The molecule has 1 aromatic heterocycles. The molecule has 9 heteroatoms. The number of nitrogens with one attached hydrogen (secondary N) is 2. The van der Waals surface area contributed by atoms with Crippen molar-refractivity contribution in [2.45, 2.75) is 6.92 Å². The van der Waals surface area contributed by atoms with Gasteiger partial charge in [0.2, 0.25) is 0 Å². The predicted molar refractivity (Wildman–Crippen MR) is 158 cm³/mol. The summed E-state index contributed by atoms with van der Waals surface area (Å²) in [5.41, 5.74) is 6.78. The normalized spacial score (nSPS) is 11.1. The fraction of sp³-hybridized carbons (Fsp3) is 0.0645. The molecule has 40 heavy (non-hydrogen) atoms. The van der Waals surface area contributed by atoms with Gasteiger partial charge in [-0.2, -0.15) is 5.10 Å². The third kappa shape index (κ3) is 5.57. The molecular formula is C31H23Cl2N3O4. The number of aromatic amines is 1. The predicted octanol–water partition coefficient (Wildman–Crippen LogP) is 7.44. The van der Waals surface area contributed by atoms with Gasteiger partial charge in [0.05, 0.1) is 13.3 Å². The zero-order valence-corrected chi connectivity index (χ0v) is 23.0. The van der Waals surface area contributed by atoms with Gasteiger partial charge in [-0.15, -0.1) is 0 Å². The molecule has 0 aliphatic carbocycles. The van der Waals surface area contributed by atoms with Crippen molar-refractivity contribution in [3.63, 3.8) is 0 Å². The number of hydrogen-bond donors (Lipinski definition) is 2. The maximum Gasteiger partial charge on any atom is 0.347 e. The van der Waals surface area contributed by atoms with Crippen molar-refractivity contribution in [2.24, 2.45) is 5.10 Å². The van der Waals surface area contributed by atoms with Gasteiger partial charge in [0, 0.05) is 37.6 Å². The van der Waals surface area contributed by atoms with Crippen LogP contribution in [0.15, 0.2) is 90.0 Å². The summed E-state index contributed by atoms with van der Waals surface area (Å²) in [7, 11) is 1.45. The molecular weight excluding hydrogens is 549 g/mol. The highest BCUT2D eigenvalue weighted by atomic mass is 35.5. The zero-order chi connectivity index (χ0) is 28.2. The molecule has 1 heterocycles. The summed E-state index contributed by atoms with van der Waals surface area (Å²) in [6.07, 6.45) is 1.40. The van der Waals surface area contributed by atoms with Crippen LogP contribution in [-0.4, -0.2) is 30.2 Å². The van der Waals surface area contributed by atoms with Gasteiger partial charge in [-0.3, -0.25) is 4.79 Å². The van der Waals surface area contributed by atoms with Gasteiger partial charge in [-0.1, -0.05) is 65.2 Å². The van der Waals surface area contributed by atoms with Crippen LogP contribution in [0.2, 0.25) is 10.0 Å². The molecule has 0 aliphatic rings. The number of fused-ring (bicyclic) bond motifs is 1. The Balaban J connectivity index is 1.41. The Morgan fingerprint density at radius 1 is 0.925 bits per heavy atom. The number of ether oxygens (including phenoxy) is 2. The maximum atomic E-state index is 13.3. The highest BCUT2D eigenvalue weighted by Crippen LogP contribution is 2.37. The molecule has 7 nitrogen and oxygen atoms in total. The Labute approximate surface area is 240 Å². The SMILES string of the molecule is COc1ccc(Cl)cc1C(=O)Oc1ccccc1C=NNC(=O)c1[nH]c2ccc(C)cc2c1-c1ccccc1Cl. The van der Waals surface area contributed by atoms with E-state index in [1.54, 1.807) is 42.5 Å². The highest BCUT2D eigenvalue weighted by molar-refractivity contribution is 6.34. The first-order chi connectivity index (χ1) is 19.4. The summed E-state index contributed by atoms with van der Waals surface area (Å²) in [5.74, 6) is -0.541. The minimum Gasteiger partial charge on any atom is -0.496 e. The summed E-state index contributed by atoms with van der Waals surface area (Å²) in [6, 6.07) is 24.7. The third-order valence-corrected chi connectivity index (χ3v) is 6.76. The van der Waals surface area contributed by atoms with Gasteiger partial charge in [-0.25, -0.2) is 10.2 Å². The van der Waals surface area contributed by atoms with Gasteiger partial charge < -0.3 is 14.5 Å². The van der Waals surface area contributed by atoms with E-state index >= 15 is 0 Å². The van der Waals surface area contributed by atoms with Crippen LogP contribution in [-0.2, 0) is 0 Å². The van der Waals surface area contributed by atoms with Crippen molar-refractivity contribution < 1.29 is 19.1 Å². The van der Waals surface area contributed by atoms with Crippen molar-refractivity contribution in [2.75, 3.05) is 7.11 Å². The number of amides is 1. The summed E-state index contributed by atoms with van der Waals surface area (Å²) >= 11 is 12.6. The molecule has 0 fully saturated rings. The summed E-state index contributed by atoms with van der Waals surface area (Å²) in [5, 5.41) is 5.90. The molecule has 1 amide bonds. The largest absolute Gasteiger partial charge is 0.496 e. The second-order valence-electron chi connectivity index (χ2n) is 8.87. The molecule has 0 unspecified atom stereocenters. The summed E-state index contributed by atoms with van der Waals surface area (Å²) in [6.45, 7) is 1.99. The minimum absolute atomic E-state index is 0.177. The van der Waals surface area contributed by atoms with Crippen LogP contribution in [0.4, 0.5) is 0 Å². The molecule has 5 aromatic rings. The van der Waals surface area contributed by atoms with E-state index in [2.05, 4.69) is 15.5 Å². The van der Waals surface area contributed by atoms with Crippen molar-refractivity contribution >= 4 is 52.2 Å². The number of esters is 1. The van der Waals surface area contributed by atoms with Crippen LogP contribution in [0, 0.1) is 6.92 Å². The van der Waals surface area contributed by atoms with E-state index in [0.717, 1.165) is 22.0 Å². The molecule has 0 atom stereocenters. The molecule has 0 saturated heterocycles. The summed E-state index contributed by atoms with van der Waals surface area (Å²) < 4.78 is 10.9. The van der Waals surface area contributed by atoms with Gasteiger partial charge in [-0.05, 0) is 55.5 Å². The van der Waals surface area contributed by atoms with Crippen LogP contribution in [0.1, 0.15) is 32.0 Å². The van der Waals surface area contributed by atoms with E-state index in [0.29, 0.717) is 32.6 Å². The molecule has 0 radical (unpaired) electrons. The first-order valence-corrected chi connectivity index (χ1v) is 13.0. The van der Waals surface area contributed by atoms with Crippen LogP contribution in [0.25, 0.3) is 22.0 Å². The van der Waals surface area contributed by atoms with Gasteiger partial charge in [0.25, 0.3) is 5.91 Å². The molecule has 0 bridgehead atoms. The maximum absolute atomic E-state index is 13.3. The van der Waals surface area contributed by atoms with E-state index < -0.39 is 11.9 Å². The fourth-order valence-electron chi connectivity index (χ4n) is 4.31. The number of H-pyrrole nitrogens is 1. The van der Waals surface area contributed by atoms with E-state index in [4.69, 9.17) is 32.7 Å².